The smallest absolute Gasteiger partial charge is 0.0559 e. The predicted octanol–water partition coefficient (Wildman–Crippen LogP) is 4.42. The highest BCUT2D eigenvalue weighted by atomic mass is 79.9. The number of benzene rings is 1. The van der Waals surface area contributed by atoms with Gasteiger partial charge in [0.2, 0.25) is 0 Å². The maximum atomic E-state index is 5.95. The minimum Gasteiger partial charge on any atom is -0.380 e. The molecule has 0 atom stereocenters. The molecule has 0 radical (unpaired) electrons. The van der Waals surface area contributed by atoms with Gasteiger partial charge in [0.15, 0.2) is 0 Å². The zero-order valence-corrected chi connectivity index (χ0v) is 11.7. The summed E-state index contributed by atoms with van der Waals surface area (Å²) in [5, 5.41) is 4.08. The average molecular weight is 312 g/mol. The third kappa shape index (κ3) is 3.20. The van der Waals surface area contributed by atoms with E-state index < -0.39 is 0 Å². The lowest BCUT2D eigenvalue weighted by molar-refractivity contribution is 1.12. The van der Waals surface area contributed by atoms with Gasteiger partial charge in [-0.15, -0.1) is 0 Å². The highest BCUT2D eigenvalue weighted by Gasteiger charge is 2.00. The summed E-state index contributed by atoms with van der Waals surface area (Å²) in [5.41, 5.74) is 3.41. The highest BCUT2D eigenvalue weighted by Crippen LogP contribution is 2.23. The van der Waals surface area contributed by atoms with Crippen LogP contribution in [0.5, 0.6) is 0 Å². The molecule has 2 rings (SSSR count). The zero-order valence-electron chi connectivity index (χ0n) is 9.37. The van der Waals surface area contributed by atoms with Gasteiger partial charge in [-0.25, -0.2) is 0 Å². The van der Waals surface area contributed by atoms with Gasteiger partial charge >= 0.3 is 0 Å². The third-order valence-electron chi connectivity index (χ3n) is 2.51. The van der Waals surface area contributed by atoms with Crippen molar-refractivity contribution in [3.05, 3.63) is 57.3 Å². The van der Waals surface area contributed by atoms with Gasteiger partial charge in [0.25, 0.3) is 0 Å². The van der Waals surface area contributed by atoms with Crippen molar-refractivity contribution in [3.8, 4) is 0 Å². The summed E-state index contributed by atoms with van der Waals surface area (Å²) in [5.74, 6) is 0. The van der Waals surface area contributed by atoms with Crippen LogP contribution in [0.2, 0.25) is 5.02 Å². The van der Waals surface area contributed by atoms with Gasteiger partial charge < -0.3 is 5.32 Å². The quantitative estimate of drug-likeness (QED) is 0.907. The summed E-state index contributed by atoms with van der Waals surface area (Å²) in [4.78, 5) is 4.10. The second kappa shape index (κ2) is 5.52. The molecule has 1 N–H and O–H groups in total. The van der Waals surface area contributed by atoms with E-state index in [0.717, 1.165) is 21.7 Å². The molecule has 1 aromatic carbocycles. The van der Waals surface area contributed by atoms with E-state index in [9.17, 15) is 0 Å². The summed E-state index contributed by atoms with van der Waals surface area (Å²) in [6.45, 7) is 2.81. The molecule has 88 valence electrons. The van der Waals surface area contributed by atoms with Crippen molar-refractivity contribution >= 4 is 33.2 Å². The first-order valence-corrected chi connectivity index (χ1v) is 6.42. The lowest BCUT2D eigenvalue weighted by Crippen LogP contribution is -2.01. The highest BCUT2D eigenvalue weighted by molar-refractivity contribution is 9.10. The van der Waals surface area contributed by atoms with Gasteiger partial charge in [0.05, 0.1) is 16.9 Å². The number of hydrogen-bond acceptors (Lipinski definition) is 2. The number of nitrogens with one attached hydrogen (secondary N) is 1. The Hall–Kier alpha value is -1.06. The van der Waals surface area contributed by atoms with Crippen LogP contribution in [0.3, 0.4) is 0 Å². The van der Waals surface area contributed by atoms with Gasteiger partial charge in [0.1, 0.15) is 0 Å². The first-order valence-electron chi connectivity index (χ1n) is 5.25. The molecule has 0 unspecified atom stereocenters. The van der Waals surface area contributed by atoms with Crippen LogP contribution >= 0.6 is 27.5 Å². The Morgan fingerprint density at radius 2 is 2.18 bits per heavy atom. The lowest BCUT2D eigenvalue weighted by Gasteiger charge is -2.09. The SMILES string of the molecule is Cc1ccncc1NCc1ccc(Cl)c(Br)c1. The fourth-order valence-corrected chi connectivity index (χ4v) is 2.04. The van der Waals surface area contributed by atoms with Crippen LogP contribution in [0.25, 0.3) is 0 Å². The minimum atomic E-state index is 0.728. The Morgan fingerprint density at radius 3 is 2.88 bits per heavy atom. The predicted molar refractivity (Wildman–Crippen MR) is 75.5 cm³/mol. The van der Waals surface area contributed by atoms with Crippen LogP contribution in [0, 0.1) is 6.92 Å². The van der Waals surface area contributed by atoms with E-state index in [1.807, 2.05) is 30.5 Å². The Bertz CT molecular complexity index is 529. The van der Waals surface area contributed by atoms with E-state index >= 15 is 0 Å². The molecule has 4 heteroatoms. The topological polar surface area (TPSA) is 24.9 Å². The largest absolute Gasteiger partial charge is 0.380 e. The normalized spacial score (nSPS) is 10.3. The molecule has 1 heterocycles. The maximum absolute atomic E-state index is 5.95. The van der Waals surface area contributed by atoms with Crippen molar-refractivity contribution in [2.45, 2.75) is 13.5 Å². The number of pyridine rings is 1. The molecule has 0 spiro atoms. The van der Waals surface area contributed by atoms with Gasteiger partial charge in [0, 0.05) is 17.2 Å². The maximum Gasteiger partial charge on any atom is 0.0559 e. The van der Waals surface area contributed by atoms with Crippen LogP contribution in [-0.2, 0) is 6.54 Å². The van der Waals surface area contributed by atoms with E-state index in [4.69, 9.17) is 11.6 Å². The number of nitrogens with zero attached hydrogens (tertiary/aromatic N) is 1. The number of anilines is 1. The van der Waals surface area contributed by atoms with Gasteiger partial charge in [-0.1, -0.05) is 17.7 Å². The molecule has 0 bridgehead atoms. The Kier molecular flexibility index (Phi) is 4.02. The number of hydrogen-bond donors (Lipinski definition) is 1. The summed E-state index contributed by atoms with van der Waals surface area (Å²) in [6.07, 6.45) is 3.62. The van der Waals surface area contributed by atoms with Crippen molar-refractivity contribution in [2.24, 2.45) is 0 Å². The van der Waals surface area contributed by atoms with Crippen LogP contribution < -0.4 is 5.32 Å². The molecule has 0 aliphatic carbocycles. The van der Waals surface area contributed by atoms with Crippen molar-refractivity contribution in [2.75, 3.05) is 5.32 Å². The van der Waals surface area contributed by atoms with E-state index in [-0.39, 0.29) is 0 Å². The first kappa shape index (κ1) is 12.4. The zero-order chi connectivity index (χ0) is 12.3. The molecule has 0 aliphatic rings. The van der Waals surface area contributed by atoms with Crippen molar-refractivity contribution < 1.29 is 0 Å². The van der Waals surface area contributed by atoms with Crippen LogP contribution in [-0.4, -0.2) is 4.98 Å². The summed E-state index contributed by atoms with van der Waals surface area (Å²) in [7, 11) is 0. The second-order valence-electron chi connectivity index (χ2n) is 3.79. The monoisotopic (exact) mass is 310 g/mol. The van der Waals surface area contributed by atoms with E-state index in [1.165, 1.54) is 11.1 Å². The summed E-state index contributed by atoms with van der Waals surface area (Å²) < 4.78 is 0.918. The van der Waals surface area contributed by atoms with Crippen LogP contribution in [0.15, 0.2) is 41.1 Å². The number of rotatable bonds is 3. The second-order valence-corrected chi connectivity index (χ2v) is 5.05. The minimum absolute atomic E-state index is 0.728. The molecule has 17 heavy (non-hydrogen) atoms. The van der Waals surface area contributed by atoms with E-state index in [2.05, 4.69) is 33.2 Å². The van der Waals surface area contributed by atoms with Crippen LogP contribution in [0.4, 0.5) is 5.69 Å². The molecule has 1 aromatic heterocycles. The van der Waals surface area contributed by atoms with Gasteiger partial charge in [-0.05, 0) is 52.2 Å². The summed E-state index contributed by atoms with van der Waals surface area (Å²) >= 11 is 9.36. The van der Waals surface area contributed by atoms with Gasteiger partial charge in [-0.2, -0.15) is 0 Å². The Balaban J connectivity index is 2.08. The van der Waals surface area contributed by atoms with Crippen LogP contribution in [0.1, 0.15) is 11.1 Å². The average Bonchev–Trinajstić information content (AvgIpc) is 2.32. The summed E-state index contributed by atoms with van der Waals surface area (Å²) in [6, 6.07) is 7.89. The number of halogens is 2. The molecule has 0 aliphatic heterocycles. The van der Waals surface area contributed by atoms with Crippen molar-refractivity contribution in [3.63, 3.8) is 0 Å². The van der Waals surface area contributed by atoms with Gasteiger partial charge in [-0.3, -0.25) is 4.98 Å². The molecule has 0 fully saturated rings. The fraction of sp³-hybridized carbons (Fsp3) is 0.154. The van der Waals surface area contributed by atoms with Crippen molar-refractivity contribution in [1.82, 2.24) is 4.98 Å². The third-order valence-corrected chi connectivity index (χ3v) is 3.72. The molecule has 0 saturated heterocycles. The Labute approximate surface area is 114 Å². The molecular formula is C13H12BrClN2. The first-order chi connectivity index (χ1) is 8.16. The Morgan fingerprint density at radius 1 is 1.35 bits per heavy atom. The molecule has 2 aromatic rings. The molecular weight excluding hydrogens is 300 g/mol. The lowest BCUT2D eigenvalue weighted by atomic mass is 10.2. The molecule has 0 saturated carbocycles. The molecule has 2 nitrogen and oxygen atoms in total. The van der Waals surface area contributed by atoms with E-state index in [1.54, 1.807) is 6.20 Å². The number of aromatic nitrogens is 1. The standard InChI is InChI=1S/C13H12BrClN2/c1-9-4-5-16-8-13(9)17-7-10-2-3-12(15)11(14)6-10/h2-6,8,17H,7H2,1H3. The number of aryl methyl sites for hydroxylation is 1. The van der Waals surface area contributed by atoms with E-state index in [0.29, 0.717) is 0 Å². The fourth-order valence-electron chi connectivity index (χ4n) is 1.50. The van der Waals surface area contributed by atoms with Crippen molar-refractivity contribution in [1.29, 1.82) is 0 Å². The molecule has 0 amide bonds.